The first-order valence-electron chi connectivity index (χ1n) is 11.5. The molecular weight excluding hydrogens is 639 g/mol. The molecule has 6 heteroatoms. The van der Waals surface area contributed by atoms with Gasteiger partial charge in [-0.05, 0) is 34.8 Å². The van der Waals surface area contributed by atoms with Crippen molar-refractivity contribution in [1.82, 2.24) is 15.0 Å². The van der Waals surface area contributed by atoms with Crippen molar-refractivity contribution < 1.29 is 24.5 Å². The number of hydrogen-bond donors (Lipinski definition) is 0. The number of furan rings is 1. The molecule has 0 amide bonds. The van der Waals surface area contributed by atoms with E-state index in [-0.39, 0.29) is 20.1 Å². The molecule has 0 N–H and O–H groups in total. The van der Waals surface area contributed by atoms with Gasteiger partial charge < -0.3 is 14.4 Å². The zero-order valence-corrected chi connectivity index (χ0v) is 23.7. The summed E-state index contributed by atoms with van der Waals surface area (Å²) in [6.45, 7) is 6.98. The van der Waals surface area contributed by atoms with Gasteiger partial charge in [-0.15, -0.1) is 59.7 Å². The second-order valence-corrected chi connectivity index (χ2v) is 14.3. The maximum atomic E-state index is 5.75. The molecule has 0 saturated carbocycles. The Labute approximate surface area is 225 Å². The van der Waals surface area contributed by atoms with Crippen LogP contribution in [-0.4, -0.2) is 23.0 Å². The minimum Gasteiger partial charge on any atom is -0.486 e. The minimum absolute atomic E-state index is 0. The number of hydrogen-bond acceptors (Lipinski definition) is 4. The van der Waals surface area contributed by atoms with Gasteiger partial charge >= 0.3 is 0 Å². The summed E-state index contributed by atoms with van der Waals surface area (Å²) in [6, 6.07) is 32.3. The van der Waals surface area contributed by atoms with Gasteiger partial charge in [-0.1, -0.05) is 49.3 Å². The summed E-state index contributed by atoms with van der Waals surface area (Å²) in [5.41, 5.74) is 5.39. The fourth-order valence-electron chi connectivity index (χ4n) is 3.77. The van der Waals surface area contributed by atoms with E-state index in [0.29, 0.717) is 5.71 Å². The Balaban J connectivity index is 0.000000198. The molecule has 36 heavy (non-hydrogen) atoms. The van der Waals surface area contributed by atoms with Crippen molar-refractivity contribution in [2.75, 3.05) is 0 Å². The Morgan fingerprint density at radius 1 is 0.722 bits per heavy atom. The van der Waals surface area contributed by atoms with Crippen molar-refractivity contribution in [1.29, 1.82) is 0 Å². The molecule has 0 atom stereocenters. The SMILES string of the molecule is C[Si](C)(C)c1ccc(-c2[c-]cc3oc4ncccc4c3c2)nc1.[Ir].[c-]1ccccc1-c1ccccn1. The summed E-state index contributed by atoms with van der Waals surface area (Å²) >= 11 is 0. The van der Waals surface area contributed by atoms with E-state index in [9.17, 15) is 0 Å². The first-order valence-corrected chi connectivity index (χ1v) is 15.0. The molecular formula is C30H25IrN3OSi-2. The van der Waals surface area contributed by atoms with E-state index in [1.807, 2.05) is 66.9 Å². The number of benzene rings is 2. The molecule has 0 saturated heterocycles. The monoisotopic (exact) mass is 664 g/mol. The summed E-state index contributed by atoms with van der Waals surface area (Å²) in [5.74, 6) is 0. The van der Waals surface area contributed by atoms with E-state index in [0.717, 1.165) is 38.9 Å². The van der Waals surface area contributed by atoms with Gasteiger partial charge in [0.1, 0.15) is 0 Å². The number of rotatable bonds is 3. The summed E-state index contributed by atoms with van der Waals surface area (Å²) in [4.78, 5) is 13.1. The third-order valence-corrected chi connectivity index (χ3v) is 7.76. The number of fused-ring (bicyclic) bond motifs is 3. The van der Waals surface area contributed by atoms with Crippen LogP contribution in [0.1, 0.15) is 0 Å². The molecule has 2 aromatic carbocycles. The largest absolute Gasteiger partial charge is 0.486 e. The first-order chi connectivity index (χ1) is 17.0. The van der Waals surface area contributed by atoms with E-state index < -0.39 is 8.07 Å². The van der Waals surface area contributed by atoms with Crippen LogP contribution in [0.3, 0.4) is 0 Å². The summed E-state index contributed by atoms with van der Waals surface area (Å²) in [5, 5.41) is 3.44. The van der Waals surface area contributed by atoms with Crippen molar-refractivity contribution in [2.24, 2.45) is 0 Å². The molecule has 0 aliphatic heterocycles. The Morgan fingerprint density at radius 3 is 2.22 bits per heavy atom. The average Bonchev–Trinajstić information content (AvgIpc) is 3.28. The van der Waals surface area contributed by atoms with E-state index in [4.69, 9.17) is 4.42 Å². The van der Waals surface area contributed by atoms with Gasteiger partial charge in [-0.3, -0.25) is 0 Å². The standard InChI is InChI=1S/C19H17N2OSi.C11H8N.Ir/c1-23(2,3)14-7-8-17(21-12-14)13-6-9-18-16(11-13)15-5-4-10-20-19(15)22-18;1-2-6-10(7-3-1)11-8-4-5-9-12-11;/h4-5,7-12H,1-3H3;1-6,8-9H;/q2*-1;. The average molecular weight is 664 g/mol. The van der Waals surface area contributed by atoms with Gasteiger partial charge in [0, 0.05) is 44.1 Å². The summed E-state index contributed by atoms with van der Waals surface area (Å²) in [7, 11) is -1.32. The van der Waals surface area contributed by atoms with Gasteiger partial charge in [-0.2, -0.15) is 0 Å². The molecule has 6 aromatic rings. The van der Waals surface area contributed by atoms with Crippen LogP contribution in [0.25, 0.3) is 44.6 Å². The van der Waals surface area contributed by atoms with Crippen LogP contribution in [0.5, 0.6) is 0 Å². The Kier molecular flexibility index (Phi) is 7.90. The van der Waals surface area contributed by atoms with E-state index >= 15 is 0 Å². The summed E-state index contributed by atoms with van der Waals surface area (Å²) in [6.07, 6.45) is 5.54. The topological polar surface area (TPSA) is 51.8 Å². The third kappa shape index (κ3) is 5.68. The van der Waals surface area contributed by atoms with E-state index in [2.05, 4.69) is 64.9 Å². The van der Waals surface area contributed by atoms with Crippen molar-refractivity contribution in [3.63, 3.8) is 0 Å². The molecule has 4 aromatic heterocycles. The Morgan fingerprint density at radius 2 is 1.53 bits per heavy atom. The fraction of sp³-hybridized carbons (Fsp3) is 0.100. The van der Waals surface area contributed by atoms with Crippen LogP contribution >= 0.6 is 0 Å². The van der Waals surface area contributed by atoms with Crippen LogP contribution in [-0.2, 0) is 20.1 Å². The van der Waals surface area contributed by atoms with Crippen molar-refractivity contribution >= 4 is 35.3 Å². The van der Waals surface area contributed by atoms with Crippen LogP contribution in [0.2, 0.25) is 19.6 Å². The predicted molar refractivity (Wildman–Crippen MR) is 145 cm³/mol. The zero-order chi connectivity index (χ0) is 24.3. The van der Waals surface area contributed by atoms with Crippen LogP contribution in [0.15, 0.2) is 102 Å². The van der Waals surface area contributed by atoms with Gasteiger partial charge in [0.15, 0.2) is 0 Å². The van der Waals surface area contributed by atoms with Crippen LogP contribution in [0.4, 0.5) is 0 Å². The van der Waals surface area contributed by atoms with Crippen molar-refractivity contribution in [3.05, 3.63) is 110 Å². The smallest absolute Gasteiger partial charge is 0.216 e. The molecule has 4 nitrogen and oxygen atoms in total. The van der Waals surface area contributed by atoms with Crippen molar-refractivity contribution in [3.8, 4) is 22.5 Å². The quantitative estimate of drug-likeness (QED) is 0.152. The third-order valence-electron chi connectivity index (χ3n) is 5.74. The van der Waals surface area contributed by atoms with Crippen LogP contribution < -0.4 is 5.19 Å². The fourth-order valence-corrected chi connectivity index (χ4v) is 4.81. The molecule has 0 unspecified atom stereocenters. The van der Waals surface area contributed by atoms with Gasteiger partial charge in [-0.25, -0.2) is 4.98 Å². The van der Waals surface area contributed by atoms with Gasteiger partial charge in [0.05, 0.1) is 13.7 Å². The molecule has 1 radical (unpaired) electrons. The second kappa shape index (κ2) is 11.1. The molecule has 0 aliphatic rings. The molecule has 0 fully saturated rings. The Bertz CT molecular complexity index is 1520. The van der Waals surface area contributed by atoms with E-state index in [1.165, 1.54) is 5.19 Å². The normalized spacial score (nSPS) is 11.0. The van der Waals surface area contributed by atoms with Gasteiger partial charge in [0.2, 0.25) is 5.71 Å². The van der Waals surface area contributed by atoms with Crippen molar-refractivity contribution in [2.45, 2.75) is 19.6 Å². The molecule has 4 heterocycles. The number of nitrogens with zero attached hydrogens (tertiary/aromatic N) is 3. The predicted octanol–water partition coefficient (Wildman–Crippen LogP) is 6.93. The first kappa shape index (κ1) is 25.6. The maximum absolute atomic E-state index is 5.75. The molecule has 0 aliphatic carbocycles. The zero-order valence-electron chi connectivity index (χ0n) is 20.3. The molecule has 181 valence electrons. The molecule has 0 bridgehead atoms. The number of aromatic nitrogens is 3. The van der Waals surface area contributed by atoms with E-state index in [1.54, 1.807) is 12.4 Å². The van der Waals surface area contributed by atoms with Crippen LogP contribution in [0, 0.1) is 12.1 Å². The molecule has 0 spiro atoms. The van der Waals surface area contributed by atoms with Gasteiger partial charge in [0.25, 0.3) is 0 Å². The minimum atomic E-state index is -1.32. The Hall–Kier alpha value is -3.44. The second-order valence-electron chi connectivity index (χ2n) is 9.26. The maximum Gasteiger partial charge on any atom is 0.216 e. The summed E-state index contributed by atoms with van der Waals surface area (Å²) < 4.78 is 5.75. The molecule has 6 rings (SSSR count). The number of pyridine rings is 3.